The average molecular weight is 203 g/mol. The van der Waals surface area contributed by atoms with Crippen LogP contribution in [-0.2, 0) is 14.3 Å². The topological polar surface area (TPSA) is 74.2 Å². The lowest BCUT2D eigenvalue weighted by Crippen LogP contribution is -2.58. The first-order valence-corrected chi connectivity index (χ1v) is 4.67. The van der Waals surface area contributed by atoms with E-state index in [1.54, 1.807) is 12.0 Å². The van der Waals surface area contributed by atoms with Gasteiger partial charge in [-0.1, -0.05) is 0 Å². The van der Waals surface area contributed by atoms with Gasteiger partial charge in [0.2, 0.25) is 0 Å². The van der Waals surface area contributed by atoms with Gasteiger partial charge in [0.05, 0.1) is 6.61 Å². The van der Waals surface area contributed by atoms with Crippen molar-refractivity contribution < 1.29 is 20.1 Å². The Kier molecular flexibility index (Phi) is 6.96. The van der Waals surface area contributed by atoms with E-state index in [-0.39, 0.29) is 18.2 Å². The van der Waals surface area contributed by atoms with E-state index >= 15 is 0 Å². The van der Waals surface area contributed by atoms with E-state index in [0.717, 1.165) is 0 Å². The van der Waals surface area contributed by atoms with E-state index < -0.39 is 0 Å². The predicted molar refractivity (Wildman–Crippen MR) is 51.5 cm³/mol. The number of ketones is 1. The maximum Gasteiger partial charge on any atom is 0.277 e. The number of rotatable bonds is 7. The van der Waals surface area contributed by atoms with E-state index in [4.69, 9.17) is 4.74 Å². The molecule has 0 rings (SSSR count). The zero-order valence-corrected chi connectivity index (χ0v) is 8.91. The zero-order valence-electron chi connectivity index (χ0n) is 8.91. The Morgan fingerprint density at radius 2 is 2.00 bits per heavy atom. The molecule has 5 heteroatoms. The van der Waals surface area contributed by atoms with Gasteiger partial charge in [-0.25, -0.2) is 0 Å². The van der Waals surface area contributed by atoms with Gasteiger partial charge in [-0.15, -0.1) is 0 Å². The van der Waals surface area contributed by atoms with Crippen LogP contribution < -0.4 is 5.73 Å². The van der Waals surface area contributed by atoms with Crippen LogP contribution in [0, 0.1) is 0 Å². The Bertz CT molecular complexity index is 194. The van der Waals surface area contributed by atoms with Crippen LogP contribution in [0.25, 0.3) is 0 Å². The minimum absolute atomic E-state index is 0.0386. The number of hydrogen-bond donors (Lipinski definition) is 1. The van der Waals surface area contributed by atoms with Gasteiger partial charge in [0.1, 0.15) is 5.78 Å². The number of hydrogen-bond acceptors (Lipinski definition) is 3. The highest BCUT2D eigenvalue weighted by molar-refractivity contribution is 5.79. The number of carbonyl (C=O) groups is 2. The minimum atomic E-state index is -0.0386. The molecule has 0 aromatic heterocycles. The molecule has 14 heavy (non-hydrogen) atoms. The van der Waals surface area contributed by atoms with Crippen molar-refractivity contribution in [1.82, 2.24) is 4.90 Å². The molecule has 0 fully saturated rings. The maximum atomic E-state index is 11.3. The lowest BCUT2D eigenvalue weighted by molar-refractivity contribution is -0.357. The molecule has 0 heterocycles. The number of carbonyl (C=O) groups excluding carboxylic acids is 2. The molecule has 0 aliphatic carbocycles. The summed E-state index contributed by atoms with van der Waals surface area (Å²) in [6.45, 7) is 3.22. The second-order valence-corrected chi connectivity index (χ2v) is 3.08. The van der Waals surface area contributed by atoms with E-state index in [1.807, 2.05) is 0 Å². The lowest BCUT2D eigenvalue weighted by atomic mass is 10.3. The number of quaternary nitrogens is 1. The Morgan fingerprint density at radius 3 is 2.43 bits per heavy atom. The van der Waals surface area contributed by atoms with Crippen LogP contribution in [-0.4, -0.2) is 49.9 Å². The van der Waals surface area contributed by atoms with Gasteiger partial charge in [0.15, 0.2) is 6.54 Å². The average Bonchev–Trinajstić information content (AvgIpc) is 2.16. The Hall–Kier alpha value is -0.940. The van der Waals surface area contributed by atoms with Gasteiger partial charge < -0.3 is 15.4 Å². The monoisotopic (exact) mass is 203 g/mol. The Morgan fingerprint density at radius 1 is 1.36 bits per heavy atom. The van der Waals surface area contributed by atoms with Gasteiger partial charge >= 0.3 is 0 Å². The summed E-state index contributed by atoms with van der Waals surface area (Å²) in [5.74, 6) is 0.0487. The van der Waals surface area contributed by atoms with Crippen molar-refractivity contribution in [3.63, 3.8) is 0 Å². The van der Waals surface area contributed by atoms with Crippen molar-refractivity contribution in [1.29, 1.82) is 0 Å². The molecule has 5 nitrogen and oxygen atoms in total. The maximum absolute atomic E-state index is 11.3. The smallest absolute Gasteiger partial charge is 0.277 e. The standard InChI is InChI=1S/C9H18N2O3/c1-8(12)3-4-11(5-6-14-2)9(13)7-10/h3-7,10H2,1-2H3/p+1. The van der Waals surface area contributed by atoms with Gasteiger partial charge in [-0.3, -0.25) is 9.59 Å². The molecular formula is C9H19N2O3+. The van der Waals surface area contributed by atoms with Gasteiger partial charge in [-0.05, 0) is 6.92 Å². The molecule has 3 N–H and O–H groups in total. The molecule has 82 valence electrons. The first kappa shape index (κ1) is 13.1. The Balaban J connectivity index is 3.96. The molecule has 0 aliphatic rings. The molecule has 0 bridgehead atoms. The fourth-order valence-corrected chi connectivity index (χ4v) is 1.01. The van der Waals surface area contributed by atoms with Crippen LogP contribution >= 0.6 is 0 Å². The number of Topliss-reactive ketones (excluding diaryl/α,β-unsaturated/α-hetero) is 1. The van der Waals surface area contributed by atoms with Crippen LogP contribution in [0.15, 0.2) is 0 Å². The third-order valence-corrected chi connectivity index (χ3v) is 1.87. The molecule has 0 aromatic rings. The highest BCUT2D eigenvalue weighted by Gasteiger charge is 2.13. The number of nitrogens with zero attached hydrogens (tertiary/aromatic N) is 1. The van der Waals surface area contributed by atoms with E-state index in [2.05, 4.69) is 5.73 Å². The van der Waals surface area contributed by atoms with Crippen LogP contribution in [0.1, 0.15) is 13.3 Å². The Labute approximate surface area is 84.2 Å². The predicted octanol–water partition coefficient (Wildman–Crippen LogP) is -1.32. The van der Waals surface area contributed by atoms with E-state index in [0.29, 0.717) is 26.1 Å². The molecule has 0 spiro atoms. The van der Waals surface area contributed by atoms with Gasteiger partial charge in [0.25, 0.3) is 5.91 Å². The summed E-state index contributed by atoms with van der Waals surface area (Å²) in [7, 11) is 1.58. The van der Waals surface area contributed by atoms with Crippen LogP contribution in [0.4, 0.5) is 0 Å². The molecule has 0 unspecified atom stereocenters. The quantitative estimate of drug-likeness (QED) is 0.558. The summed E-state index contributed by atoms with van der Waals surface area (Å²) < 4.78 is 4.87. The van der Waals surface area contributed by atoms with Crippen molar-refractivity contribution in [2.24, 2.45) is 0 Å². The molecule has 0 saturated heterocycles. The van der Waals surface area contributed by atoms with Crippen molar-refractivity contribution in [3.8, 4) is 0 Å². The molecule has 0 saturated carbocycles. The summed E-state index contributed by atoms with van der Waals surface area (Å²) >= 11 is 0. The fourth-order valence-electron chi connectivity index (χ4n) is 1.01. The van der Waals surface area contributed by atoms with Gasteiger partial charge in [0, 0.05) is 26.6 Å². The molecular weight excluding hydrogens is 184 g/mol. The fraction of sp³-hybridized carbons (Fsp3) is 0.778. The van der Waals surface area contributed by atoms with Gasteiger partial charge in [-0.2, -0.15) is 0 Å². The first-order chi connectivity index (χ1) is 6.61. The molecule has 0 radical (unpaired) electrons. The SMILES string of the molecule is COCCN(CCC(C)=O)C(=O)C[NH3+]. The second-order valence-electron chi connectivity index (χ2n) is 3.08. The minimum Gasteiger partial charge on any atom is -0.383 e. The molecule has 0 atom stereocenters. The van der Waals surface area contributed by atoms with Crippen molar-refractivity contribution in [2.45, 2.75) is 13.3 Å². The summed E-state index contributed by atoms with van der Waals surface area (Å²) in [6, 6.07) is 0. The second kappa shape index (κ2) is 7.46. The number of amides is 1. The van der Waals surface area contributed by atoms with Crippen LogP contribution in [0.2, 0.25) is 0 Å². The van der Waals surface area contributed by atoms with Crippen molar-refractivity contribution in [3.05, 3.63) is 0 Å². The number of ether oxygens (including phenoxy) is 1. The van der Waals surface area contributed by atoms with Crippen LogP contribution in [0.3, 0.4) is 0 Å². The molecule has 0 aromatic carbocycles. The first-order valence-electron chi connectivity index (χ1n) is 4.67. The largest absolute Gasteiger partial charge is 0.383 e. The van der Waals surface area contributed by atoms with Crippen molar-refractivity contribution in [2.75, 3.05) is 33.4 Å². The molecule has 0 aliphatic heterocycles. The van der Waals surface area contributed by atoms with E-state index in [1.165, 1.54) is 6.92 Å². The van der Waals surface area contributed by atoms with Crippen molar-refractivity contribution >= 4 is 11.7 Å². The summed E-state index contributed by atoms with van der Waals surface area (Å²) in [5.41, 5.74) is 3.52. The lowest BCUT2D eigenvalue weighted by Gasteiger charge is -2.19. The summed E-state index contributed by atoms with van der Waals surface area (Å²) in [6.07, 6.45) is 0.398. The highest BCUT2D eigenvalue weighted by atomic mass is 16.5. The highest BCUT2D eigenvalue weighted by Crippen LogP contribution is 1.93. The van der Waals surface area contributed by atoms with E-state index in [9.17, 15) is 9.59 Å². The molecule has 1 amide bonds. The summed E-state index contributed by atoms with van der Waals surface area (Å²) in [5, 5.41) is 0. The zero-order chi connectivity index (χ0) is 11.0. The number of methoxy groups -OCH3 is 1. The normalized spacial score (nSPS) is 9.93. The third-order valence-electron chi connectivity index (χ3n) is 1.87. The summed E-state index contributed by atoms with van der Waals surface area (Å²) in [4.78, 5) is 23.7. The van der Waals surface area contributed by atoms with Crippen LogP contribution in [0.5, 0.6) is 0 Å². The third kappa shape index (κ3) is 5.66.